The number of rotatable bonds is 2. The smallest absolute Gasteiger partial charge is 0.310 e. The molecule has 0 atom stereocenters. The van der Waals surface area contributed by atoms with E-state index in [1.165, 1.54) is 0 Å². The molecule has 1 amide bonds. The second kappa shape index (κ2) is 4.40. The van der Waals surface area contributed by atoms with Gasteiger partial charge in [-0.3, -0.25) is 9.59 Å². The predicted molar refractivity (Wildman–Crippen MR) is 66.2 cm³/mol. The maximum atomic E-state index is 11.9. The fraction of sp³-hybridized carbons (Fsp3) is 0.273. The summed E-state index contributed by atoms with van der Waals surface area (Å²) in [5, 5.41) is 8.72. The lowest BCUT2D eigenvalue weighted by Gasteiger charge is -2.36. The molecular weight excluding hydrogens is 321 g/mol. The van der Waals surface area contributed by atoms with Gasteiger partial charge in [0, 0.05) is 16.7 Å². The summed E-state index contributed by atoms with van der Waals surface area (Å²) in [4.78, 5) is 24.1. The van der Waals surface area contributed by atoms with Gasteiger partial charge in [-0.05, 0) is 34.7 Å². The van der Waals surface area contributed by atoms with Crippen molar-refractivity contribution >= 4 is 34.5 Å². The van der Waals surface area contributed by atoms with Crippen LogP contribution in [0.3, 0.4) is 0 Å². The van der Waals surface area contributed by atoms with E-state index in [-0.39, 0.29) is 5.91 Å². The van der Waals surface area contributed by atoms with Crippen molar-refractivity contribution < 1.29 is 14.7 Å². The van der Waals surface area contributed by atoms with Crippen LogP contribution in [0.5, 0.6) is 0 Å². The van der Waals surface area contributed by atoms with E-state index in [2.05, 4.69) is 22.6 Å². The summed E-state index contributed by atoms with van der Waals surface area (Å²) in [5.74, 6) is -1.31. The van der Waals surface area contributed by atoms with E-state index in [4.69, 9.17) is 5.11 Å². The van der Waals surface area contributed by atoms with Gasteiger partial charge in [0.1, 0.15) is 0 Å². The van der Waals surface area contributed by atoms with Gasteiger partial charge in [-0.1, -0.05) is 12.1 Å². The molecule has 0 radical (unpaired) electrons. The zero-order valence-corrected chi connectivity index (χ0v) is 10.5. The number of carbonyl (C=O) groups is 2. The Hall–Kier alpha value is -1.11. The Morgan fingerprint density at radius 3 is 2.50 bits per heavy atom. The minimum absolute atomic E-state index is 0.0810. The number of likely N-dealkylation sites (tertiary alicyclic amines) is 1. The normalized spacial score (nSPS) is 15.7. The molecule has 1 aliphatic heterocycles. The number of halogens is 1. The zero-order valence-electron chi connectivity index (χ0n) is 8.39. The standard InChI is InChI=1S/C11H10INO3/c12-9-4-2-1-3-8(9)10(14)13-5-7(6-13)11(15)16/h1-4,7H,5-6H2,(H,15,16). The molecule has 84 valence electrons. The third-order valence-corrected chi connectivity index (χ3v) is 3.56. The van der Waals surface area contributed by atoms with E-state index in [9.17, 15) is 9.59 Å². The van der Waals surface area contributed by atoms with Gasteiger partial charge in [0.25, 0.3) is 5.91 Å². The number of benzene rings is 1. The molecule has 0 bridgehead atoms. The van der Waals surface area contributed by atoms with Crippen molar-refractivity contribution in [2.45, 2.75) is 0 Å². The molecule has 0 spiro atoms. The second-order valence-corrected chi connectivity index (χ2v) is 4.89. The van der Waals surface area contributed by atoms with Crippen molar-refractivity contribution in [1.29, 1.82) is 0 Å². The van der Waals surface area contributed by atoms with Crippen LogP contribution in [0.25, 0.3) is 0 Å². The first kappa shape index (κ1) is 11.4. The second-order valence-electron chi connectivity index (χ2n) is 3.73. The van der Waals surface area contributed by atoms with E-state index in [1.54, 1.807) is 11.0 Å². The lowest BCUT2D eigenvalue weighted by atomic mass is 9.99. The fourth-order valence-corrected chi connectivity index (χ4v) is 2.22. The topological polar surface area (TPSA) is 57.6 Å². The maximum absolute atomic E-state index is 11.9. The van der Waals surface area contributed by atoms with Crippen molar-refractivity contribution in [3.63, 3.8) is 0 Å². The fourth-order valence-electron chi connectivity index (χ4n) is 1.61. The highest BCUT2D eigenvalue weighted by atomic mass is 127. The largest absolute Gasteiger partial charge is 0.481 e. The molecule has 1 heterocycles. The van der Waals surface area contributed by atoms with Gasteiger partial charge < -0.3 is 10.0 Å². The Balaban J connectivity index is 2.06. The Kier molecular flexibility index (Phi) is 3.13. The van der Waals surface area contributed by atoms with Gasteiger partial charge in [-0.15, -0.1) is 0 Å². The molecule has 0 aromatic heterocycles. The zero-order chi connectivity index (χ0) is 11.7. The third-order valence-electron chi connectivity index (χ3n) is 2.62. The van der Waals surface area contributed by atoms with Gasteiger partial charge >= 0.3 is 5.97 Å². The van der Waals surface area contributed by atoms with Crippen LogP contribution in [0, 0.1) is 9.49 Å². The predicted octanol–water partition coefficient (Wildman–Crippen LogP) is 1.45. The molecule has 1 aromatic rings. The van der Waals surface area contributed by atoms with Crippen LogP contribution < -0.4 is 0 Å². The van der Waals surface area contributed by atoms with Crippen molar-refractivity contribution in [3.8, 4) is 0 Å². The van der Waals surface area contributed by atoms with Gasteiger partial charge in [0.2, 0.25) is 0 Å². The van der Waals surface area contributed by atoms with Gasteiger partial charge in [-0.25, -0.2) is 0 Å². The SMILES string of the molecule is O=C(O)C1CN(C(=O)c2ccccc2I)C1. The van der Waals surface area contributed by atoms with Gasteiger partial charge in [0.15, 0.2) is 0 Å². The Morgan fingerprint density at radius 1 is 1.31 bits per heavy atom. The van der Waals surface area contributed by atoms with Crippen LogP contribution in [0.4, 0.5) is 0 Å². The molecule has 1 N–H and O–H groups in total. The van der Waals surface area contributed by atoms with Crippen molar-refractivity contribution in [3.05, 3.63) is 33.4 Å². The average molecular weight is 331 g/mol. The minimum atomic E-state index is -0.827. The van der Waals surface area contributed by atoms with E-state index in [0.29, 0.717) is 18.7 Å². The summed E-state index contributed by atoms with van der Waals surface area (Å²) in [6, 6.07) is 7.30. The Labute approximate surface area is 106 Å². The first-order chi connectivity index (χ1) is 7.59. The molecule has 1 fully saturated rings. The summed E-state index contributed by atoms with van der Waals surface area (Å²) in [6.07, 6.45) is 0. The van der Waals surface area contributed by atoms with Crippen LogP contribution >= 0.6 is 22.6 Å². The summed E-state index contributed by atoms with van der Waals surface area (Å²) in [6.45, 7) is 0.637. The van der Waals surface area contributed by atoms with Gasteiger partial charge in [0.05, 0.1) is 11.5 Å². The monoisotopic (exact) mass is 331 g/mol. The van der Waals surface area contributed by atoms with Crippen molar-refractivity contribution in [2.24, 2.45) is 5.92 Å². The van der Waals surface area contributed by atoms with E-state index < -0.39 is 11.9 Å². The summed E-state index contributed by atoms with van der Waals surface area (Å²) in [7, 11) is 0. The van der Waals surface area contributed by atoms with Gasteiger partial charge in [-0.2, -0.15) is 0 Å². The first-order valence-electron chi connectivity index (χ1n) is 4.86. The molecule has 0 aliphatic carbocycles. The van der Waals surface area contributed by atoms with Crippen LogP contribution in [0.15, 0.2) is 24.3 Å². The first-order valence-corrected chi connectivity index (χ1v) is 5.94. The third kappa shape index (κ3) is 2.04. The highest BCUT2D eigenvalue weighted by molar-refractivity contribution is 14.1. The molecule has 1 aromatic carbocycles. The molecule has 5 heteroatoms. The summed E-state index contributed by atoms with van der Waals surface area (Å²) >= 11 is 2.10. The van der Waals surface area contributed by atoms with E-state index in [0.717, 1.165) is 3.57 Å². The molecule has 2 rings (SSSR count). The molecular formula is C11H10INO3. The lowest BCUT2D eigenvalue weighted by Crippen LogP contribution is -2.53. The summed E-state index contributed by atoms with van der Waals surface area (Å²) < 4.78 is 0.892. The summed E-state index contributed by atoms with van der Waals surface area (Å²) in [5.41, 5.74) is 0.645. The van der Waals surface area contributed by atoms with Crippen LogP contribution in [-0.4, -0.2) is 35.0 Å². The number of nitrogens with zero attached hydrogens (tertiary/aromatic N) is 1. The number of carboxylic acids is 1. The molecule has 1 saturated heterocycles. The maximum Gasteiger partial charge on any atom is 0.310 e. The molecule has 16 heavy (non-hydrogen) atoms. The van der Waals surface area contributed by atoms with Crippen molar-refractivity contribution in [1.82, 2.24) is 4.90 Å². The number of aliphatic carboxylic acids is 1. The Morgan fingerprint density at radius 2 is 1.94 bits per heavy atom. The average Bonchev–Trinajstić information content (AvgIpc) is 2.15. The molecule has 1 aliphatic rings. The van der Waals surface area contributed by atoms with Crippen molar-refractivity contribution in [2.75, 3.05) is 13.1 Å². The lowest BCUT2D eigenvalue weighted by molar-refractivity contribution is -0.146. The number of hydrogen-bond donors (Lipinski definition) is 1. The quantitative estimate of drug-likeness (QED) is 0.835. The number of hydrogen-bond acceptors (Lipinski definition) is 2. The minimum Gasteiger partial charge on any atom is -0.481 e. The highest BCUT2D eigenvalue weighted by Gasteiger charge is 2.36. The molecule has 0 unspecified atom stereocenters. The van der Waals surface area contributed by atoms with E-state index in [1.807, 2.05) is 18.2 Å². The van der Waals surface area contributed by atoms with Crippen LogP contribution in [0.2, 0.25) is 0 Å². The van der Waals surface area contributed by atoms with Crippen LogP contribution in [-0.2, 0) is 4.79 Å². The van der Waals surface area contributed by atoms with Crippen LogP contribution in [0.1, 0.15) is 10.4 Å². The number of carboxylic acid groups (broad SMARTS) is 1. The highest BCUT2D eigenvalue weighted by Crippen LogP contribution is 2.21. The van der Waals surface area contributed by atoms with E-state index >= 15 is 0 Å². The number of carbonyl (C=O) groups excluding carboxylic acids is 1. The molecule has 4 nitrogen and oxygen atoms in total. The Bertz CT molecular complexity index is 441. The molecule has 0 saturated carbocycles. The number of amides is 1.